The molecule has 0 spiro atoms. The van der Waals surface area contributed by atoms with E-state index in [4.69, 9.17) is 20.5 Å². The number of carbonyl (C=O) groups excluding carboxylic acids is 1. The van der Waals surface area contributed by atoms with Gasteiger partial charge in [-0.15, -0.1) is 0 Å². The predicted octanol–water partition coefficient (Wildman–Crippen LogP) is 4.60. The minimum Gasteiger partial charge on any atom is -0.490 e. The van der Waals surface area contributed by atoms with Gasteiger partial charge >= 0.3 is 0 Å². The van der Waals surface area contributed by atoms with Crippen molar-refractivity contribution in [3.8, 4) is 17.6 Å². The third-order valence-electron chi connectivity index (χ3n) is 3.99. The normalized spacial score (nSPS) is 11.6. The molecule has 0 aliphatic rings. The van der Waals surface area contributed by atoms with E-state index in [-0.39, 0.29) is 11.0 Å². The van der Waals surface area contributed by atoms with Crippen molar-refractivity contribution in [1.82, 2.24) is 0 Å². The summed E-state index contributed by atoms with van der Waals surface area (Å²) >= 11 is 3.37. The van der Waals surface area contributed by atoms with Crippen molar-refractivity contribution in [3.63, 3.8) is 0 Å². The molecule has 0 heterocycles. The molecule has 6 heteroatoms. The van der Waals surface area contributed by atoms with Gasteiger partial charge in [0.25, 0.3) is 5.91 Å². The van der Waals surface area contributed by atoms with Crippen molar-refractivity contribution >= 4 is 27.9 Å². The Labute approximate surface area is 173 Å². The van der Waals surface area contributed by atoms with Crippen LogP contribution in [-0.2, 0) is 10.2 Å². The van der Waals surface area contributed by atoms with Gasteiger partial charge in [-0.1, -0.05) is 48.8 Å². The van der Waals surface area contributed by atoms with Crippen LogP contribution in [0.1, 0.15) is 31.9 Å². The van der Waals surface area contributed by atoms with Crippen LogP contribution in [0.3, 0.4) is 0 Å². The molecule has 0 atom stereocenters. The highest BCUT2D eigenvalue weighted by molar-refractivity contribution is 9.10. The topological polar surface area (TPSA) is 85.3 Å². The molecular formula is C22H23BrN2O3. The molecule has 2 aromatic carbocycles. The predicted molar refractivity (Wildman–Crippen MR) is 113 cm³/mol. The van der Waals surface area contributed by atoms with Gasteiger partial charge < -0.3 is 15.2 Å². The van der Waals surface area contributed by atoms with E-state index in [0.717, 1.165) is 10.2 Å². The van der Waals surface area contributed by atoms with Crippen molar-refractivity contribution in [2.24, 2.45) is 5.73 Å². The van der Waals surface area contributed by atoms with Gasteiger partial charge in [0.2, 0.25) is 0 Å². The van der Waals surface area contributed by atoms with Crippen LogP contribution in [-0.4, -0.2) is 19.1 Å². The molecular weight excluding hydrogens is 420 g/mol. The number of rotatable bonds is 7. The monoisotopic (exact) mass is 442 g/mol. The first kappa shape index (κ1) is 21.5. The van der Waals surface area contributed by atoms with E-state index >= 15 is 0 Å². The van der Waals surface area contributed by atoms with Gasteiger partial charge in [-0.05, 0) is 47.4 Å². The molecule has 28 heavy (non-hydrogen) atoms. The van der Waals surface area contributed by atoms with Gasteiger partial charge in [0.1, 0.15) is 36.4 Å². The molecule has 0 saturated heterocycles. The molecule has 0 saturated carbocycles. The van der Waals surface area contributed by atoms with Crippen LogP contribution in [0.4, 0.5) is 0 Å². The number of primary amides is 1. The number of nitriles is 1. The average Bonchev–Trinajstić information content (AvgIpc) is 2.64. The van der Waals surface area contributed by atoms with Crippen molar-refractivity contribution in [2.45, 2.75) is 26.2 Å². The molecule has 1 amide bonds. The zero-order chi connectivity index (χ0) is 20.7. The smallest absolute Gasteiger partial charge is 0.259 e. The Bertz CT molecular complexity index is 907. The summed E-state index contributed by atoms with van der Waals surface area (Å²) in [5.41, 5.74) is 6.98. The first-order valence-corrected chi connectivity index (χ1v) is 9.57. The largest absolute Gasteiger partial charge is 0.490 e. The highest BCUT2D eigenvalue weighted by Gasteiger charge is 2.13. The number of nitrogens with zero attached hydrogens (tertiary/aromatic N) is 1. The first-order valence-electron chi connectivity index (χ1n) is 8.78. The van der Waals surface area contributed by atoms with Crippen LogP contribution in [0.25, 0.3) is 6.08 Å². The maximum absolute atomic E-state index is 11.3. The van der Waals surface area contributed by atoms with Gasteiger partial charge in [-0.25, -0.2) is 0 Å². The molecule has 0 unspecified atom stereocenters. The van der Waals surface area contributed by atoms with Crippen LogP contribution in [0, 0.1) is 11.3 Å². The zero-order valence-electron chi connectivity index (χ0n) is 16.2. The molecule has 146 valence electrons. The highest BCUT2D eigenvalue weighted by Crippen LogP contribution is 2.26. The second kappa shape index (κ2) is 9.43. The SMILES string of the molecule is CC(C)(C)c1ccc(OCCOc2ccc(Br)cc2C=C(C#N)C(N)=O)cc1. The summed E-state index contributed by atoms with van der Waals surface area (Å²) in [5.74, 6) is 0.521. The molecule has 2 aromatic rings. The number of benzene rings is 2. The Morgan fingerprint density at radius 2 is 1.79 bits per heavy atom. The van der Waals surface area contributed by atoms with Gasteiger partial charge in [-0.2, -0.15) is 5.26 Å². The number of hydrogen-bond acceptors (Lipinski definition) is 4. The van der Waals surface area contributed by atoms with Gasteiger partial charge in [0.05, 0.1) is 0 Å². The number of hydrogen-bond donors (Lipinski definition) is 1. The third-order valence-corrected chi connectivity index (χ3v) is 4.48. The summed E-state index contributed by atoms with van der Waals surface area (Å²) in [5, 5.41) is 9.04. The van der Waals surface area contributed by atoms with Crippen molar-refractivity contribution in [3.05, 3.63) is 63.6 Å². The highest BCUT2D eigenvalue weighted by atomic mass is 79.9. The van der Waals surface area contributed by atoms with Crippen LogP contribution in [0.15, 0.2) is 52.5 Å². The molecule has 0 fully saturated rings. The molecule has 2 rings (SSSR count). The number of halogens is 1. The molecule has 5 nitrogen and oxygen atoms in total. The molecule has 0 aliphatic heterocycles. The van der Waals surface area contributed by atoms with Crippen molar-refractivity contribution < 1.29 is 14.3 Å². The lowest BCUT2D eigenvalue weighted by Gasteiger charge is -2.19. The molecule has 0 radical (unpaired) electrons. The average molecular weight is 443 g/mol. The lowest BCUT2D eigenvalue weighted by molar-refractivity contribution is -0.114. The number of ether oxygens (including phenoxy) is 2. The third kappa shape index (κ3) is 6.14. The maximum Gasteiger partial charge on any atom is 0.259 e. The van der Waals surface area contributed by atoms with Crippen LogP contribution in [0.5, 0.6) is 11.5 Å². The van der Waals surface area contributed by atoms with Crippen LogP contribution >= 0.6 is 15.9 Å². The van der Waals surface area contributed by atoms with Gasteiger partial charge in [0.15, 0.2) is 0 Å². The van der Waals surface area contributed by atoms with E-state index in [1.54, 1.807) is 18.2 Å². The van der Waals surface area contributed by atoms with Crippen molar-refractivity contribution in [2.75, 3.05) is 13.2 Å². The lowest BCUT2D eigenvalue weighted by atomic mass is 9.87. The lowest BCUT2D eigenvalue weighted by Crippen LogP contribution is -2.13. The van der Waals surface area contributed by atoms with Crippen molar-refractivity contribution in [1.29, 1.82) is 5.26 Å². The van der Waals surface area contributed by atoms with E-state index in [1.165, 1.54) is 11.6 Å². The fourth-order valence-corrected chi connectivity index (χ4v) is 2.82. The number of nitrogens with two attached hydrogens (primary N) is 1. The van der Waals surface area contributed by atoms with E-state index in [0.29, 0.717) is 24.5 Å². The summed E-state index contributed by atoms with van der Waals surface area (Å²) in [6.07, 6.45) is 1.41. The standard InChI is InChI=1S/C22H23BrN2O3/c1-22(2,3)17-4-7-19(8-5-17)27-10-11-28-20-9-6-18(23)13-15(20)12-16(14-24)21(25)26/h4-9,12-13H,10-11H2,1-3H3,(H2,25,26). The second-order valence-electron chi connectivity index (χ2n) is 7.19. The maximum atomic E-state index is 11.3. The Hall–Kier alpha value is -2.78. The summed E-state index contributed by atoms with van der Waals surface area (Å²) in [4.78, 5) is 11.3. The van der Waals surface area contributed by atoms with E-state index in [2.05, 4.69) is 48.8 Å². The van der Waals surface area contributed by atoms with Gasteiger partial charge in [-0.3, -0.25) is 4.79 Å². The fourth-order valence-electron chi connectivity index (χ4n) is 2.44. The minimum atomic E-state index is -0.782. The summed E-state index contributed by atoms with van der Waals surface area (Å²) < 4.78 is 12.3. The summed E-state index contributed by atoms with van der Waals surface area (Å²) in [7, 11) is 0. The molecule has 0 bridgehead atoms. The van der Waals surface area contributed by atoms with E-state index < -0.39 is 5.91 Å². The summed E-state index contributed by atoms with van der Waals surface area (Å²) in [6.45, 7) is 7.15. The Morgan fingerprint density at radius 3 is 2.36 bits per heavy atom. The first-order chi connectivity index (χ1) is 13.2. The minimum absolute atomic E-state index is 0.0976. The fraction of sp³-hybridized carbons (Fsp3) is 0.273. The zero-order valence-corrected chi connectivity index (χ0v) is 17.7. The molecule has 0 aromatic heterocycles. The second-order valence-corrected chi connectivity index (χ2v) is 8.10. The molecule has 0 aliphatic carbocycles. The Kier molecular flexibility index (Phi) is 7.24. The summed E-state index contributed by atoms with van der Waals surface area (Å²) in [6, 6.07) is 15.1. The van der Waals surface area contributed by atoms with E-state index in [9.17, 15) is 4.79 Å². The number of amides is 1. The van der Waals surface area contributed by atoms with Gasteiger partial charge in [0, 0.05) is 10.0 Å². The Morgan fingerprint density at radius 1 is 1.14 bits per heavy atom. The van der Waals surface area contributed by atoms with Crippen LogP contribution < -0.4 is 15.2 Å². The number of carbonyl (C=O) groups is 1. The van der Waals surface area contributed by atoms with Crippen LogP contribution in [0.2, 0.25) is 0 Å². The quantitative estimate of drug-likeness (QED) is 0.385. The molecule has 2 N–H and O–H groups in total. The van der Waals surface area contributed by atoms with E-state index in [1.807, 2.05) is 18.2 Å². The Balaban J connectivity index is 2.00.